The van der Waals surface area contributed by atoms with Gasteiger partial charge >= 0.3 is 0 Å². The Hall–Kier alpha value is -2.36. The number of hydrogen-bond donors (Lipinski definition) is 2. The summed E-state index contributed by atoms with van der Waals surface area (Å²) in [4.78, 5) is 4.26. The zero-order valence-electron chi connectivity index (χ0n) is 10.2. The molecule has 2 rings (SSSR count). The van der Waals surface area contributed by atoms with Gasteiger partial charge in [-0.3, -0.25) is 0 Å². The second kappa shape index (κ2) is 5.82. The second-order valence-corrected chi connectivity index (χ2v) is 4.01. The molecule has 0 saturated heterocycles. The summed E-state index contributed by atoms with van der Waals surface area (Å²) in [5.74, 6) is 0.812. The maximum Gasteiger partial charge on any atom is 0.126 e. The van der Waals surface area contributed by atoms with Crippen LogP contribution in [0.4, 0.5) is 5.82 Å². The van der Waals surface area contributed by atoms with Crippen molar-refractivity contribution in [1.82, 2.24) is 4.98 Å². The highest BCUT2D eigenvalue weighted by molar-refractivity contribution is 5.81. The summed E-state index contributed by atoms with van der Waals surface area (Å²) in [6, 6.07) is 12.1. The smallest absolute Gasteiger partial charge is 0.126 e. The van der Waals surface area contributed by atoms with Gasteiger partial charge in [0.15, 0.2) is 0 Å². The number of aromatic nitrogens is 1. The van der Waals surface area contributed by atoms with Crippen molar-refractivity contribution < 1.29 is 5.21 Å². The zero-order chi connectivity index (χ0) is 12.8. The van der Waals surface area contributed by atoms with Crippen molar-refractivity contribution >= 4 is 12.0 Å². The van der Waals surface area contributed by atoms with Gasteiger partial charge in [-0.25, -0.2) is 4.98 Å². The lowest BCUT2D eigenvalue weighted by atomic mass is 10.2. The van der Waals surface area contributed by atoms with Crippen LogP contribution in [0.2, 0.25) is 0 Å². The van der Waals surface area contributed by atoms with Crippen LogP contribution in [0.15, 0.2) is 47.8 Å². The largest absolute Gasteiger partial charge is 0.411 e. The highest BCUT2D eigenvalue weighted by atomic mass is 16.4. The molecular formula is C14H15N3O. The van der Waals surface area contributed by atoms with E-state index in [-0.39, 0.29) is 0 Å². The molecule has 0 fully saturated rings. The van der Waals surface area contributed by atoms with Gasteiger partial charge in [0.2, 0.25) is 0 Å². The number of aryl methyl sites for hydroxylation is 1. The number of benzene rings is 1. The predicted molar refractivity (Wildman–Crippen MR) is 72.1 cm³/mol. The van der Waals surface area contributed by atoms with E-state index >= 15 is 0 Å². The molecule has 0 unspecified atom stereocenters. The molecule has 0 atom stereocenters. The van der Waals surface area contributed by atoms with Crippen LogP contribution in [0, 0.1) is 6.92 Å². The summed E-state index contributed by atoms with van der Waals surface area (Å²) in [7, 11) is 0. The predicted octanol–water partition coefficient (Wildman–Crippen LogP) is 2.81. The fraction of sp³-hybridized carbons (Fsp3) is 0.143. The minimum atomic E-state index is 0.737. The summed E-state index contributed by atoms with van der Waals surface area (Å²) < 4.78 is 0. The molecule has 0 aliphatic carbocycles. The Morgan fingerprint density at radius 3 is 2.78 bits per heavy atom. The minimum absolute atomic E-state index is 0.737. The molecule has 0 bridgehead atoms. The van der Waals surface area contributed by atoms with Gasteiger partial charge in [-0.2, -0.15) is 0 Å². The molecule has 1 aromatic carbocycles. The molecule has 0 aliphatic rings. The van der Waals surface area contributed by atoms with Crippen LogP contribution in [0.3, 0.4) is 0 Å². The van der Waals surface area contributed by atoms with Crippen molar-refractivity contribution in [3.05, 3.63) is 59.3 Å². The lowest BCUT2D eigenvalue weighted by Crippen LogP contribution is -2.02. The van der Waals surface area contributed by atoms with Gasteiger partial charge in [-0.1, -0.05) is 35.5 Å². The Bertz CT molecular complexity index is 538. The molecule has 0 aliphatic heterocycles. The van der Waals surface area contributed by atoms with E-state index in [4.69, 9.17) is 5.21 Å². The highest BCUT2D eigenvalue weighted by Gasteiger charge is 1.99. The number of anilines is 1. The van der Waals surface area contributed by atoms with Crippen molar-refractivity contribution in [2.24, 2.45) is 5.16 Å². The summed E-state index contributed by atoms with van der Waals surface area (Å²) in [6.07, 6.45) is 3.06. The van der Waals surface area contributed by atoms with E-state index < -0.39 is 0 Å². The quantitative estimate of drug-likeness (QED) is 0.491. The standard InChI is InChI=1S/C14H15N3O/c1-11-7-14(16-9-13(11)10-17-18)15-8-12-5-3-2-4-6-12/h2-7,9-10,18H,8H2,1H3,(H,15,16)/b17-10-. The summed E-state index contributed by atoms with van der Waals surface area (Å²) in [5, 5.41) is 14.7. The Morgan fingerprint density at radius 2 is 2.11 bits per heavy atom. The molecule has 0 radical (unpaired) electrons. The highest BCUT2D eigenvalue weighted by Crippen LogP contribution is 2.11. The Kier molecular flexibility index (Phi) is 3.91. The van der Waals surface area contributed by atoms with Crippen molar-refractivity contribution in [3.8, 4) is 0 Å². The fourth-order valence-corrected chi connectivity index (χ4v) is 1.65. The Labute approximate surface area is 106 Å². The average Bonchev–Trinajstić information content (AvgIpc) is 2.41. The number of nitrogens with one attached hydrogen (secondary N) is 1. The third-order valence-electron chi connectivity index (χ3n) is 2.66. The van der Waals surface area contributed by atoms with Gasteiger partial charge in [0, 0.05) is 18.3 Å². The Morgan fingerprint density at radius 1 is 1.33 bits per heavy atom. The second-order valence-electron chi connectivity index (χ2n) is 4.01. The lowest BCUT2D eigenvalue weighted by molar-refractivity contribution is 0.322. The molecule has 92 valence electrons. The monoisotopic (exact) mass is 241 g/mol. The van der Waals surface area contributed by atoms with Crippen molar-refractivity contribution in [2.75, 3.05) is 5.32 Å². The van der Waals surface area contributed by atoms with E-state index in [2.05, 4.69) is 27.6 Å². The number of oxime groups is 1. The van der Waals surface area contributed by atoms with Crippen LogP contribution in [0.25, 0.3) is 0 Å². The first-order valence-corrected chi connectivity index (χ1v) is 5.71. The Balaban J connectivity index is 2.04. The molecule has 0 spiro atoms. The maximum absolute atomic E-state index is 8.49. The van der Waals surface area contributed by atoms with E-state index in [1.807, 2.05) is 31.2 Å². The average molecular weight is 241 g/mol. The van der Waals surface area contributed by atoms with Gasteiger partial charge in [0.25, 0.3) is 0 Å². The molecule has 4 heteroatoms. The van der Waals surface area contributed by atoms with Crippen LogP contribution >= 0.6 is 0 Å². The first kappa shape index (κ1) is 12.1. The maximum atomic E-state index is 8.49. The number of pyridine rings is 1. The molecule has 18 heavy (non-hydrogen) atoms. The molecule has 2 N–H and O–H groups in total. The summed E-state index contributed by atoms with van der Waals surface area (Å²) in [6.45, 7) is 2.69. The molecule has 1 heterocycles. The normalized spacial score (nSPS) is 10.7. The first-order chi connectivity index (χ1) is 8.79. The van der Waals surface area contributed by atoms with Crippen molar-refractivity contribution in [2.45, 2.75) is 13.5 Å². The van der Waals surface area contributed by atoms with E-state index in [0.717, 1.165) is 23.5 Å². The molecule has 2 aromatic rings. The molecular weight excluding hydrogens is 226 g/mol. The van der Waals surface area contributed by atoms with Gasteiger partial charge in [-0.05, 0) is 24.1 Å². The topological polar surface area (TPSA) is 57.5 Å². The molecule has 1 aromatic heterocycles. The van der Waals surface area contributed by atoms with Crippen LogP contribution in [0.1, 0.15) is 16.7 Å². The molecule has 0 saturated carbocycles. The third kappa shape index (κ3) is 3.07. The number of hydrogen-bond acceptors (Lipinski definition) is 4. The van der Waals surface area contributed by atoms with Crippen LogP contribution in [-0.2, 0) is 6.54 Å². The zero-order valence-corrected chi connectivity index (χ0v) is 10.2. The minimum Gasteiger partial charge on any atom is -0.411 e. The molecule has 0 amide bonds. The van der Waals surface area contributed by atoms with Crippen molar-refractivity contribution in [3.63, 3.8) is 0 Å². The summed E-state index contributed by atoms with van der Waals surface area (Å²) in [5.41, 5.74) is 3.03. The van der Waals surface area contributed by atoms with E-state index in [0.29, 0.717) is 0 Å². The van der Waals surface area contributed by atoms with Gasteiger partial charge in [0.05, 0.1) is 6.21 Å². The SMILES string of the molecule is Cc1cc(NCc2ccccc2)ncc1/C=N\O. The first-order valence-electron chi connectivity index (χ1n) is 5.71. The van der Waals surface area contributed by atoms with Gasteiger partial charge < -0.3 is 10.5 Å². The third-order valence-corrected chi connectivity index (χ3v) is 2.66. The number of nitrogens with zero attached hydrogens (tertiary/aromatic N) is 2. The van der Waals surface area contributed by atoms with Gasteiger partial charge in [0.1, 0.15) is 5.82 Å². The van der Waals surface area contributed by atoms with Gasteiger partial charge in [-0.15, -0.1) is 0 Å². The van der Waals surface area contributed by atoms with E-state index in [9.17, 15) is 0 Å². The van der Waals surface area contributed by atoms with Crippen LogP contribution in [0.5, 0.6) is 0 Å². The lowest BCUT2D eigenvalue weighted by Gasteiger charge is -2.07. The number of rotatable bonds is 4. The fourth-order valence-electron chi connectivity index (χ4n) is 1.65. The van der Waals surface area contributed by atoms with E-state index in [1.54, 1.807) is 6.20 Å². The van der Waals surface area contributed by atoms with Crippen LogP contribution in [-0.4, -0.2) is 16.4 Å². The molecule has 4 nitrogen and oxygen atoms in total. The van der Waals surface area contributed by atoms with E-state index in [1.165, 1.54) is 11.8 Å². The van der Waals surface area contributed by atoms with Crippen LogP contribution < -0.4 is 5.32 Å². The summed E-state index contributed by atoms with van der Waals surface area (Å²) >= 11 is 0. The van der Waals surface area contributed by atoms with Crippen molar-refractivity contribution in [1.29, 1.82) is 0 Å².